The highest BCUT2D eigenvalue weighted by Gasteiger charge is 2.23. The van der Waals surface area contributed by atoms with Crippen LogP contribution in [0.25, 0.3) is 0 Å². The van der Waals surface area contributed by atoms with Crippen LogP contribution in [0.2, 0.25) is 0 Å². The van der Waals surface area contributed by atoms with Crippen LogP contribution in [0, 0.1) is 11.8 Å². The second kappa shape index (κ2) is 4.86. The molecule has 0 aromatic heterocycles. The first-order valence-electron chi connectivity index (χ1n) is 6.14. The third kappa shape index (κ3) is 2.33. The molecule has 0 bridgehead atoms. The molecule has 0 spiro atoms. The Morgan fingerprint density at radius 1 is 1.24 bits per heavy atom. The SMILES string of the molecule is COc1cc2c(c(OC)c1)NCC(C(C)C)C2. The van der Waals surface area contributed by atoms with E-state index in [1.807, 2.05) is 6.07 Å². The maximum absolute atomic E-state index is 5.41. The number of hydrogen-bond donors (Lipinski definition) is 1. The van der Waals surface area contributed by atoms with Gasteiger partial charge in [0.2, 0.25) is 0 Å². The fourth-order valence-corrected chi connectivity index (χ4v) is 2.34. The van der Waals surface area contributed by atoms with Crippen molar-refractivity contribution in [3.8, 4) is 11.5 Å². The van der Waals surface area contributed by atoms with Crippen molar-refractivity contribution in [1.82, 2.24) is 0 Å². The molecule has 94 valence electrons. The summed E-state index contributed by atoms with van der Waals surface area (Å²) in [6.45, 7) is 5.57. The minimum atomic E-state index is 0.680. The molecule has 0 amide bonds. The van der Waals surface area contributed by atoms with E-state index in [0.717, 1.165) is 30.2 Å². The maximum atomic E-state index is 5.41. The van der Waals surface area contributed by atoms with Crippen molar-refractivity contribution in [2.45, 2.75) is 20.3 Å². The van der Waals surface area contributed by atoms with Gasteiger partial charge >= 0.3 is 0 Å². The van der Waals surface area contributed by atoms with E-state index in [1.54, 1.807) is 14.2 Å². The van der Waals surface area contributed by atoms with Crippen molar-refractivity contribution in [2.75, 3.05) is 26.1 Å². The molecule has 2 rings (SSSR count). The minimum absolute atomic E-state index is 0.680. The summed E-state index contributed by atoms with van der Waals surface area (Å²) in [6.07, 6.45) is 1.09. The first kappa shape index (κ1) is 12.1. The van der Waals surface area contributed by atoms with Gasteiger partial charge in [-0.25, -0.2) is 0 Å². The number of anilines is 1. The van der Waals surface area contributed by atoms with Gasteiger partial charge in [-0.05, 0) is 29.9 Å². The molecule has 0 saturated heterocycles. The second-order valence-electron chi connectivity index (χ2n) is 4.95. The predicted molar refractivity (Wildman–Crippen MR) is 70.1 cm³/mol. The molecule has 0 fully saturated rings. The number of fused-ring (bicyclic) bond motifs is 1. The number of rotatable bonds is 3. The van der Waals surface area contributed by atoms with E-state index in [1.165, 1.54) is 5.56 Å². The Balaban J connectivity index is 2.35. The Hall–Kier alpha value is -1.38. The lowest BCUT2D eigenvalue weighted by Gasteiger charge is -2.30. The highest BCUT2D eigenvalue weighted by molar-refractivity contribution is 5.66. The monoisotopic (exact) mass is 235 g/mol. The van der Waals surface area contributed by atoms with E-state index in [9.17, 15) is 0 Å². The van der Waals surface area contributed by atoms with Crippen LogP contribution in [-0.4, -0.2) is 20.8 Å². The quantitative estimate of drug-likeness (QED) is 0.873. The lowest BCUT2D eigenvalue weighted by atomic mass is 9.85. The molecule has 0 radical (unpaired) electrons. The van der Waals surface area contributed by atoms with Gasteiger partial charge in [0.05, 0.1) is 19.9 Å². The van der Waals surface area contributed by atoms with Gasteiger partial charge in [0.1, 0.15) is 11.5 Å². The van der Waals surface area contributed by atoms with Crippen LogP contribution >= 0.6 is 0 Å². The zero-order valence-corrected chi connectivity index (χ0v) is 11.0. The van der Waals surface area contributed by atoms with E-state index in [4.69, 9.17) is 9.47 Å². The van der Waals surface area contributed by atoms with Crippen LogP contribution in [0.15, 0.2) is 12.1 Å². The van der Waals surface area contributed by atoms with E-state index in [2.05, 4.69) is 25.2 Å². The van der Waals surface area contributed by atoms with Crippen molar-refractivity contribution >= 4 is 5.69 Å². The number of ether oxygens (including phenoxy) is 2. The fraction of sp³-hybridized carbons (Fsp3) is 0.571. The Bertz CT molecular complexity index is 401. The second-order valence-corrected chi connectivity index (χ2v) is 4.95. The Kier molecular flexibility index (Phi) is 3.46. The molecule has 1 heterocycles. The summed E-state index contributed by atoms with van der Waals surface area (Å²) in [4.78, 5) is 0. The van der Waals surface area contributed by atoms with Crippen molar-refractivity contribution in [2.24, 2.45) is 11.8 Å². The van der Waals surface area contributed by atoms with Crippen molar-refractivity contribution < 1.29 is 9.47 Å². The smallest absolute Gasteiger partial charge is 0.145 e. The summed E-state index contributed by atoms with van der Waals surface area (Å²) in [5, 5.41) is 3.48. The van der Waals surface area contributed by atoms with Crippen LogP contribution in [0.3, 0.4) is 0 Å². The molecule has 1 aromatic carbocycles. The number of hydrogen-bond acceptors (Lipinski definition) is 3. The summed E-state index contributed by atoms with van der Waals surface area (Å²) >= 11 is 0. The molecule has 1 atom stereocenters. The number of nitrogens with one attached hydrogen (secondary N) is 1. The lowest BCUT2D eigenvalue weighted by molar-refractivity contribution is 0.375. The average Bonchev–Trinajstić information content (AvgIpc) is 2.36. The molecule has 1 unspecified atom stereocenters. The predicted octanol–water partition coefficient (Wildman–Crippen LogP) is 2.94. The van der Waals surface area contributed by atoms with E-state index < -0.39 is 0 Å². The molecule has 1 N–H and O–H groups in total. The molecule has 1 aliphatic rings. The number of methoxy groups -OCH3 is 2. The normalized spacial score (nSPS) is 18.5. The van der Waals surface area contributed by atoms with Gasteiger partial charge in [-0.3, -0.25) is 0 Å². The van der Waals surface area contributed by atoms with Gasteiger partial charge in [-0.15, -0.1) is 0 Å². The zero-order valence-electron chi connectivity index (χ0n) is 11.0. The van der Waals surface area contributed by atoms with Crippen LogP contribution in [0.4, 0.5) is 5.69 Å². The average molecular weight is 235 g/mol. The molecule has 1 aliphatic heterocycles. The summed E-state index contributed by atoms with van der Waals surface area (Å²) in [6, 6.07) is 4.04. The van der Waals surface area contributed by atoms with E-state index in [-0.39, 0.29) is 0 Å². The summed E-state index contributed by atoms with van der Waals surface area (Å²) in [7, 11) is 3.39. The maximum Gasteiger partial charge on any atom is 0.145 e. The van der Waals surface area contributed by atoms with Crippen LogP contribution in [0.5, 0.6) is 11.5 Å². The van der Waals surface area contributed by atoms with Gasteiger partial charge in [0, 0.05) is 12.6 Å². The summed E-state index contributed by atoms with van der Waals surface area (Å²) < 4.78 is 10.7. The highest BCUT2D eigenvalue weighted by atomic mass is 16.5. The first-order valence-corrected chi connectivity index (χ1v) is 6.14. The van der Waals surface area contributed by atoms with Gasteiger partial charge < -0.3 is 14.8 Å². The van der Waals surface area contributed by atoms with Crippen molar-refractivity contribution in [3.05, 3.63) is 17.7 Å². The van der Waals surface area contributed by atoms with Gasteiger partial charge in [-0.1, -0.05) is 13.8 Å². The van der Waals surface area contributed by atoms with E-state index in [0.29, 0.717) is 11.8 Å². The van der Waals surface area contributed by atoms with Crippen molar-refractivity contribution in [1.29, 1.82) is 0 Å². The molecule has 0 saturated carbocycles. The molecular formula is C14H21NO2. The molecule has 17 heavy (non-hydrogen) atoms. The Morgan fingerprint density at radius 2 is 2.00 bits per heavy atom. The molecule has 3 nitrogen and oxygen atoms in total. The Morgan fingerprint density at radius 3 is 2.59 bits per heavy atom. The highest BCUT2D eigenvalue weighted by Crippen LogP contribution is 2.38. The lowest BCUT2D eigenvalue weighted by Crippen LogP contribution is -2.27. The molecule has 1 aromatic rings. The first-order chi connectivity index (χ1) is 8.15. The third-order valence-electron chi connectivity index (χ3n) is 3.58. The summed E-state index contributed by atoms with van der Waals surface area (Å²) in [5.41, 5.74) is 2.43. The minimum Gasteiger partial charge on any atom is -0.497 e. The molecule has 3 heteroatoms. The zero-order chi connectivity index (χ0) is 12.4. The standard InChI is InChI=1S/C14H21NO2/c1-9(2)11-5-10-6-12(16-3)7-13(17-4)14(10)15-8-11/h6-7,9,11,15H,5,8H2,1-4H3. The van der Waals surface area contributed by atoms with Crippen LogP contribution in [0.1, 0.15) is 19.4 Å². The van der Waals surface area contributed by atoms with E-state index >= 15 is 0 Å². The Labute approximate surface area is 103 Å². The van der Waals surface area contributed by atoms with Crippen LogP contribution < -0.4 is 14.8 Å². The van der Waals surface area contributed by atoms with Gasteiger partial charge in [0.15, 0.2) is 0 Å². The molecular weight excluding hydrogens is 214 g/mol. The van der Waals surface area contributed by atoms with Crippen LogP contribution in [-0.2, 0) is 6.42 Å². The van der Waals surface area contributed by atoms with Gasteiger partial charge in [0.25, 0.3) is 0 Å². The topological polar surface area (TPSA) is 30.5 Å². The largest absolute Gasteiger partial charge is 0.497 e. The van der Waals surface area contributed by atoms with Gasteiger partial charge in [-0.2, -0.15) is 0 Å². The fourth-order valence-electron chi connectivity index (χ4n) is 2.34. The third-order valence-corrected chi connectivity index (χ3v) is 3.58. The number of benzene rings is 1. The molecule has 0 aliphatic carbocycles. The van der Waals surface area contributed by atoms with Crippen molar-refractivity contribution in [3.63, 3.8) is 0 Å². The summed E-state index contributed by atoms with van der Waals surface area (Å²) in [5.74, 6) is 3.11.